The molecular formula is C17H24N2O3. The molecule has 2 aliphatic rings. The molecule has 120 valence electrons. The van der Waals surface area contributed by atoms with Gasteiger partial charge in [-0.25, -0.2) is 0 Å². The van der Waals surface area contributed by atoms with E-state index in [1.54, 1.807) is 19.2 Å². The molecule has 0 spiro atoms. The lowest BCUT2D eigenvalue weighted by molar-refractivity contribution is 0.0779. The lowest BCUT2D eigenvalue weighted by atomic mass is 9.98. The maximum absolute atomic E-state index is 12.7. The molecule has 3 rings (SSSR count). The van der Waals surface area contributed by atoms with Crippen LogP contribution in [-0.4, -0.2) is 43.7 Å². The number of benzene rings is 1. The van der Waals surface area contributed by atoms with E-state index in [2.05, 4.69) is 0 Å². The molecule has 0 bridgehead atoms. The van der Waals surface area contributed by atoms with Gasteiger partial charge in [0.15, 0.2) is 11.5 Å². The second kappa shape index (κ2) is 6.16. The molecule has 0 aromatic heterocycles. The highest BCUT2D eigenvalue weighted by atomic mass is 16.5. The van der Waals surface area contributed by atoms with Gasteiger partial charge in [-0.05, 0) is 49.8 Å². The van der Waals surface area contributed by atoms with Crippen LogP contribution in [0.3, 0.4) is 0 Å². The average molecular weight is 304 g/mol. The van der Waals surface area contributed by atoms with Crippen molar-refractivity contribution in [2.45, 2.75) is 25.8 Å². The second-order valence-electron chi connectivity index (χ2n) is 6.17. The van der Waals surface area contributed by atoms with Crippen LogP contribution in [0.1, 0.15) is 30.1 Å². The van der Waals surface area contributed by atoms with E-state index in [0.29, 0.717) is 35.5 Å². The monoisotopic (exact) mass is 304 g/mol. The van der Waals surface area contributed by atoms with E-state index < -0.39 is 0 Å². The predicted octanol–water partition coefficient (Wildman–Crippen LogP) is 1.90. The zero-order valence-corrected chi connectivity index (χ0v) is 13.2. The Bertz CT molecular complexity index is 561. The normalized spacial score (nSPS) is 26.9. The van der Waals surface area contributed by atoms with Crippen molar-refractivity contribution in [2.75, 3.05) is 26.8 Å². The smallest absolute Gasteiger partial charge is 0.254 e. The van der Waals surface area contributed by atoms with Crippen LogP contribution < -0.4 is 15.2 Å². The average Bonchev–Trinajstić information content (AvgIpc) is 3.10. The van der Waals surface area contributed by atoms with Crippen molar-refractivity contribution in [1.82, 2.24) is 4.90 Å². The topological polar surface area (TPSA) is 64.8 Å². The molecule has 3 atom stereocenters. The van der Waals surface area contributed by atoms with Crippen molar-refractivity contribution in [1.29, 1.82) is 0 Å². The number of carbonyl (C=O) groups excluding carboxylic acids is 1. The summed E-state index contributed by atoms with van der Waals surface area (Å²) in [5.41, 5.74) is 6.79. The first-order valence-electron chi connectivity index (χ1n) is 7.99. The predicted molar refractivity (Wildman–Crippen MR) is 84.3 cm³/mol. The van der Waals surface area contributed by atoms with Crippen LogP contribution in [0.15, 0.2) is 18.2 Å². The third-order valence-electron chi connectivity index (χ3n) is 4.91. The Labute approximate surface area is 131 Å². The van der Waals surface area contributed by atoms with E-state index in [1.165, 1.54) is 0 Å². The van der Waals surface area contributed by atoms with Crippen LogP contribution >= 0.6 is 0 Å². The van der Waals surface area contributed by atoms with Crippen molar-refractivity contribution in [3.05, 3.63) is 23.8 Å². The number of fused-ring (bicyclic) bond motifs is 1. The summed E-state index contributed by atoms with van der Waals surface area (Å²) < 4.78 is 10.8. The van der Waals surface area contributed by atoms with E-state index in [1.807, 2.05) is 17.9 Å². The lowest BCUT2D eigenvalue weighted by Crippen LogP contribution is -2.33. The Kier molecular flexibility index (Phi) is 4.25. The van der Waals surface area contributed by atoms with Gasteiger partial charge in [-0.1, -0.05) is 0 Å². The first kappa shape index (κ1) is 15.2. The van der Waals surface area contributed by atoms with Crippen molar-refractivity contribution in [3.63, 3.8) is 0 Å². The van der Waals surface area contributed by atoms with Gasteiger partial charge >= 0.3 is 0 Å². The Morgan fingerprint density at radius 3 is 2.82 bits per heavy atom. The Balaban J connectivity index is 1.75. The van der Waals surface area contributed by atoms with Gasteiger partial charge in [0.05, 0.1) is 13.7 Å². The van der Waals surface area contributed by atoms with Crippen molar-refractivity contribution in [3.8, 4) is 11.5 Å². The minimum Gasteiger partial charge on any atom is -0.493 e. The van der Waals surface area contributed by atoms with E-state index in [4.69, 9.17) is 15.2 Å². The number of nitrogens with zero attached hydrogens (tertiary/aromatic N) is 1. The van der Waals surface area contributed by atoms with Crippen LogP contribution in [0.5, 0.6) is 11.5 Å². The van der Waals surface area contributed by atoms with E-state index in [9.17, 15) is 4.79 Å². The van der Waals surface area contributed by atoms with Gasteiger partial charge in [-0.3, -0.25) is 4.79 Å². The second-order valence-corrected chi connectivity index (χ2v) is 6.17. The van der Waals surface area contributed by atoms with E-state index >= 15 is 0 Å². The molecule has 5 heteroatoms. The summed E-state index contributed by atoms with van der Waals surface area (Å²) in [6.45, 7) is 4.09. The molecule has 1 heterocycles. The maximum atomic E-state index is 12.7. The summed E-state index contributed by atoms with van der Waals surface area (Å²) in [7, 11) is 1.59. The third-order valence-corrected chi connectivity index (χ3v) is 4.91. The summed E-state index contributed by atoms with van der Waals surface area (Å²) >= 11 is 0. The summed E-state index contributed by atoms with van der Waals surface area (Å²) in [5, 5.41) is 0. The Morgan fingerprint density at radius 1 is 1.32 bits per heavy atom. The molecule has 2 N–H and O–H groups in total. The molecule has 0 radical (unpaired) electrons. The molecule has 5 nitrogen and oxygen atoms in total. The number of hydrogen-bond donors (Lipinski definition) is 1. The highest BCUT2D eigenvalue weighted by Gasteiger charge is 2.42. The van der Waals surface area contributed by atoms with Crippen LogP contribution in [-0.2, 0) is 0 Å². The molecule has 1 aromatic carbocycles. The summed E-state index contributed by atoms with van der Waals surface area (Å²) in [4.78, 5) is 14.6. The van der Waals surface area contributed by atoms with Crippen molar-refractivity contribution >= 4 is 5.91 Å². The lowest BCUT2D eigenvalue weighted by Gasteiger charge is -2.19. The summed E-state index contributed by atoms with van der Waals surface area (Å²) in [6.07, 6.45) is 2.23. The first-order chi connectivity index (χ1) is 10.6. The fourth-order valence-electron chi connectivity index (χ4n) is 3.73. The fraction of sp³-hybridized carbons (Fsp3) is 0.588. The molecule has 1 aliphatic heterocycles. The number of ether oxygens (including phenoxy) is 2. The minimum atomic E-state index is 0.0583. The van der Waals surface area contributed by atoms with Crippen LogP contribution in [0.25, 0.3) is 0 Å². The van der Waals surface area contributed by atoms with Gasteiger partial charge in [0.25, 0.3) is 5.91 Å². The molecule has 1 saturated heterocycles. The third kappa shape index (κ3) is 2.65. The number of nitrogens with two attached hydrogens (primary N) is 1. The summed E-state index contributed by atoms with van der Waals surface area (Å²) in [6, 6.07) is 5.63. The minimum absolute atomic E-state index is 0.0583. The van der Waals surface area contributed by atoms with Gasteiger partial charge in [-0.15, -0.1) is 0 Å². The zero-order chi connectivity index (χ0) is 15.7. The molecule has 1 aromatic rings. The number of methoxy groups -OCH3 is 1. The number of amides is 1. The van der Waals surface area contributed by atoms with Gasteiger partial charge in [0.1, 0.15) is 0 Å². The number of carbonyl (C=O) groups is 1. The van der Waals surface area contributed by atoms with Crippen LogP contribution in [0.4, 0.5) is 0 Å². The number of hydrogen-bond acceptors (Lipinski definition) is 4. The molecule has 1 saturated carbocycles. The Morgan fingerprint density at radius 2 is 2.14 bits per heavy atom. The van der Waals surface area contributed by atoms with Gasteiger partial charge in [0.2, 0.25) is 0 Å². The van der Waals surface area contributed by atoms with Gasteiger partial charge < -0.3 is 20.1 Å². The fourth-order valence-corrected chi connectivity index (χ4v) is 3.73. The highest BCUT2D eigenvalue weighted by molar-refractivity contribution is 5.95. The maximum Gasteiger partial charge on any atom is 0.254 e. The van der Waals surface area contributed by atoms with Crippen LogP contribution in [0.2, 0.25) is 0 Å². The quantitative estimate of drug-likeness (QED) is 0.923. The van der Waals surface area contributed by atoms with Crippen molar-refractivity contribution < 1.29 is 14.3 Å². The SMILES string of the molecule is CCOc1ccc(C(=O)N2CC3CCC(N)C3C2)cc1OC. The molecular weight excluding hydrogens is 280 g/mol. The Hall–Kier alpha value is -1.75. The molecule has 2 fully saturated rings. The molecule has 1 amide bonds. The summed E-state index contributed by atoms with van der Waals surface area (Å²) in [5.74, 6) is 2.37. The van der Waals surface area contributed by atoms with Gasteiger partial charge in [-0.2, -0.15) is 0 Å². The number of likely N-dealkylation sites (tertiary alicyclic amines) is 1. The highest BCUT2D eigenvalue weighted by Crippen LogP contribution is 2.38. The largest absolute Gasteiger partial charge is 0.493 e. The van der Waals surface area contributed by atoms with Crippen LogP contribution in [0, 0.1) is 11.8 Å². The van der Waals surface area contributed by atoms with Crippen molar-refractivity contribution in [2.24, 2.45) is 17.6 Å². The van der Waals surface area contributed by atoms with Gasteiger partial charge in [0, 0.05) is 24.7 Å². The molecule has 3 unspecified atom stereocenters. The van der Waals surface area contributed by atoms with E-state index in [0.717, 1.165) is 25.9 Å². The zero-order valence-electron chi connectivity index (χ0n) is 13.2. The molecule has 22 heavy (non-hydrogen) atoms. The van der Waals surface area contributed by atoms with E-state index in [-0.39, 0.29) is 11.9 Å². The number of rotatable bonds is 4. The molecule has 1 aliphatic carbocycles. The first-order valence-corrected chi connectivity index (χ1v) is 7.99. The standard InChI is InChI=1S/C17H24N2O3/c1-3-22-15-7-5-11(8-16(15)21-2)17(20)19-9-12-4-6-14(18)13(12)10-19/h5,7-8,12-14H,3-4,6,9-10,18H2,1-2H3.